The van der Waals surface area contributed by atoms with Gasteiger partial charge < -0.3 is 19.3 Å². The van der Waals surface area contributed by atoms with Crippen LogP contribution in [0.25, 0.3) is 0 Å². The first-order valence-corrected chi connectivity index (χ1v) is 5.50. The fraction of sp³-hybridized carbons (Fsp3) is 0.750. The van der Waals surface area contributed by atoms with E-state index in [9.17, 15) is 4.79 Å². The third-order valence-corrected chi connectivity index (χ3v) is 1.78. The fourth-order valence-corrected chi connectivity index (χ4v) is 1.08. The van der Waals surface area contributed by atoms with Crippen molar-refractivity contribution in [1.82, 2.24) is 0 Å². The molecule has 0 amide bonds. The molecule has 1 N–H and O–H groups in total. The van der Waals surface area contributed by atoms with Crippen LogP contribution in [0.4, 0.5) is 0 Å². The Morgan fingerprint density at radius 2 is 1.94 bits per heavy atom. The molecule has 5 nitrogen and oxygen atoms in total. The van der Waals surface area contributed by atoms with Gasteiger partial charge in [0.1, 0.15) is 6.10 Å². The van der Waals surface area contributed by atoms with Gasteiger partial charge in [0.15, 0.2) is 12.1 Å². The van der Waals surface area contributed by atoms with Gasteiger partial charge in [0.05, 0.1) is 6.61 Å². The molecule has 0 aliphatic carbocycles. The topological polar surface area (TPSA) is 65.0 Å². The number of rotatable bonds is 7. The Labute approximate surface area is 102 Å². The molecule has 0 radical (unpaired) electrons. The zero-order chi connectivity index (χ0) is 13.6. The van der Waals surface area contributed by atoms with Crippen molar-refractivity contribution in [2.24, 2.45) is 0 Å². The summed E-state index contributed by atoms with van der Waals surface area (Å²) in [6, 6.07) is 0. The monoisotopic (exact) mass is 246 g/mol. The summed E-state index contributed by atoms with van der Waals surface area (Å²) in [4.78, 5) is 11.2. The van der Waals surface area contributed by atoms with E-state index in [0.717, 1.165) is 0 Å². The number of hydrogen-bond acceptors (Lipinski definition) is 5. The Morgan fingerprint density at radius 3 is 2.35 bits per heavy atom. The van der Waals surface area contributed by atoms with Gasteiger partial charge in [-0.15, -0.1) is 0 Å². The van der Waals surface area contributed by atoms with Gasteiger partial charge in [-0.25, -0.2) is 4.79 Å². The van der Waals surface area contributed by atoms with E-state index in [1.807, 2.05) is 0 Å². The molecule has 0 rings (SSSR count). The molecule has 2 unspecified atom stereocenters. The molecular weight excluding hydrogens is 224 g/mol. The molecule has 17 heavy (non-hydrogen) atoms. The van der Waals surface area contributed by atoms with Crippen LogP contribution in [0.3, 0.4) is 0 Å². The van der Waals surface area contributed by atoms with Crippen LogP contribution < -0.4 is 0 Å². The zero-order valence-corrected chi connectivity index (χ0v) is 11.1. The maximum absolute atomic E-state index is 11.2. The Morgan fingerprint density at radius 1 is 1.41 bits per heavy atom. The molecule has 0 aromatic heterocycles. The van der Waals surface area contributed by atoms with Gasteiger partial charge in [-0.2, -0.15) is 0 Å². The van der Waals surface area contributed by atoms with E-state index in [4.69, 9.17) is 19.3 Å². The number of esters is 1. The largest absolute Gasteiger partial charge is 0.457 e. The summed E-state index contributed by atoms with van der Waals surface area (Å²) in [5.41, 5.74) is 0.344. The number of carbonyl (C=O) groups is 1. The first-order valence-electron chi connectivity index (χ1n) is 5.50. The van der Waals surface area contributed by atoms with E-state index in [-0.39, 0.29) is 6.61 Å². The van der Waals surface area contributed by atoms with Crippen molar-refractivity contribution in [2.45, 2.75) is 52.8 Å². The molecule has 100 valence electrons. The minimum Gasteiger partial charge on any atom is -0.457 e. The molecule has 0 aliphatic heterocycles. The highest BCUT2D eigenvalue weighted by Crippen LogP contribution is 2.14. The lowest BCUT2D eigenvalue weighted by Crippen LogP contribution is -2.35. The minimum absolute atomic E-state index is 0.179. The number of hydrogen-bond donors (Lipinski definition) is 1. The minimum atomic E-state index is -0.932. The number of aliphatic hydroxyl groups excluding tert-OH is 1. The summed E-state index contributed by atoms with van der Waals surface area (Å²) < 4.78 is 15.5. The highest BCUT2D eigenvalue weighted by atomic mass is 16.7. The van der Waals surface area contributed by atoms with Crippen molar-refractivity contribution >= 4 is 5.97 Å². The van der Waals surface area contributed by atoms with Gasteiger partial charge in [0, 0.05) is 5.57 Å². The van der Waals surface area contributed by atoms with Gasteiger partial charge >= 0.3 is 5.97 Å². The highest BCUT2D eigenvalue weighted by molar-refractivity contribution is 5.87. The summed E-state index contributed by atoms with van der Waals surface area (Å²) in [5, 5.41) is 9.07. The molecule has 0 fully saturated rings. The molecule has 0 aromatic carbocycles. The molecule has 5 heteroatoms. The molecular formula is C12H22O5. The highest BCUT2D eigenvalue weighted by Gasteiger charge is 2.23. The van der Waals surface area contributed by atoms with Crippen molar-refractivity contribution in [3.05, 3.63) is 12.2 Å². The van der Waals surface area contributed by atoms with Crippen LogP contribution in [-0.4, -0.2) is 35.9 Å². The second kappa shape index (κ2) is 6.74. The van der Waals surface area contributed by atoms with E-state index in [1.54, 1.807) is 27.7 Å². The molecule has 0 aliphatic rings. The molecule has 2 atom stereocenters. The van der Waals surface area contributed by atoms with Gasteiger partial charge in [-0.05, 0) is 34.6 Å². The Bertz CT molecular complexity index is 270. The molecule has 0 heterocycles. The standard InChI is InChI=1S/C12H22O5/c1-8(2)11(14)16-9(3)7-15-12(5,6)17-10(4)13/h9-10,13H,1,7H2,2-6H3. The number of carbonyl (C=O) groups excluding carboxylic acids is 1. The summed E-state index contributed by atoms with van der Waals surface area (Å²) in [6.45, 7) is 11.8. The van der Waals surface area contributed by atoms with Crippen molar-refractivity contribution < 1.29 is 24.1 Å². The van der Waals surface area contributed by atoms with E-state index < -0.39 is 24.2 Å². The van der Waals surface area contributed by atoms with E-state index in [0.29, 0.717) is 5.57 Å². The van der Waals surface area contributed by atoms with Crippen molar-refractivity contribution in [1.29, 1.82) is 0 Å². The van der Waals surface area contributed by atoms with Crippen LogP contribution in [-0.2, 0) is 19.0 Å². The SMILES string of the molecule is C=C(C)C(=O)OC(C)COC(C)(C)OC(C)O. The summed E-state index contributed by atoms with van der Waals surface area (Å²) in [6.07, 6.45) is -1.32. The second-order valence-corrected chi connectivity index (χ2v) is 4.42. The quantitative estimate of drug-likeness (QED) is 0.420. The molecule has 0 aromatic rings. The first-order chi connectivity index (χ1) is 7.64. The van der Waals surface area contributed by atoms with E-state index in [1.165, 1.54) is 6.92 Å². The number of ether oxygens (including phenoxy) is 3. The average Bonchev–Trinajstić information content (AvgIpc) is 2.12. The van der Waals surface area contributed by atoms with Gasteiger partial charge in [0.25, 0.3) is 0 Å². The Hall–Kier alpha value is -0.910. The third kappa shape index (κ3) is 7.90. The zero-order valence-electron chi connectivity index (χ0n) is 11.1. The van der Waals surface area contributed by atoms with Crippen molar-refractivity contribution in [3.8, 4) is 0 Å². The van der Waals surface area contributed by atoms with Gasteiger partial charge in [-0.3, -0.25) is 0 Å². The predicted octanol–water partition coefficient (Wildman–Crippen LogP) is 1.60. The second-order valence-electron chi connectivity index (χ2n) is 4.42. The molecule has 0 saturated carbocycles. The first kappa shape index (κ1) is 16.1. The lowest BCUT2D eigenvalue weighted by Gasteiger charge is -2.28. The summed E-state index contributed by atoms with van der Waals surface area (Å²) in [7, 11) is 0. The maximum Gasteiger partial charge on any atom is 0.333 e. The lowest BCUT2D eigenvalue weighted by molar-refractivity contribution is -0.282. The van der Waals surface area contributed by atoms with Crippen molar-refractivity contribution in [2.75, 3.05) is 6.61 Å². The molecule has 0 saturated heterocycles. The lowest BCUT2D eigenvalue weighted by atomic mass is 10.3. The average molecular weight is 246 g/mol. The normalized spacial score (nSPS) is 15.2. The van der Waals surface area contributed by atoms with E-state index >= 15 is 0 Å². The third-order valence-electron chi connectivity index (χ3n) is 1.78. The summed E-state index contributed by atoms with van der Waals surface area (Å²) in [5.74, 6) is -1.38. The summed E-state index contributed by atoms with van der Waals surface area (Å²) >= 11 is 0. The van der Waals surface area contributed by atoms with Crippen LogP contribution in [0.15, 0.2) is 12.2 Å². The van der Waals surface area contributed by atoms with Crippen LogP contribution >= 0.6 is 0 Å². The van der Waals surface area contributed by atoms with E-state index in [2.05, 4.69) is 6.58 Å². The van der Waals surface area contributed by atoms with Gasteiger partial charge in [-0.1, -0.05) is 6.58 Å². The van der Waals surface area contributed by atoms with Gasteiger partial charge in [0.2, 0.25) is 0 Å². The Balaban J connectivity index is 4.02. The Kier molecular flexibility index (Phi) is 6.37. The number of aliphatic hydroxyl groups is 1. The van der Waals surface area contributed by atoms with Crippen molar-refractivity contribution in [3.63, 3.8) is 0 Å². The smallest absolute Gasteiger partial charge is 0.333 e. The fourth-order valence-electron chi connectivity index (χ4n) is 1.08. The van der Waals surface area contributed by atoms with Crippen LogP contribution in [0.2, 0.25) is 0 Å². The maximum atomic E-state index is 11.2. The molecule has 0 spiro atoms. The van der Waals surface area contributed by atoms with Crippen LogP contribution in [0.5, 0.6) is 0 Å². The van der Waals surface area contributed by atoms with Crippen LogP contribution in [0.1, 0.15) is 34.6 Å². The molecule has 0 bridgehead atoms. The predicted molar refractivity (Wildman–Crippen MR) is 63.2 cm³/mol. The van der Waals surface area contributed by atoms with Crippen LogP contribution in [0, 0.1) is 0 Å².